The minimum atomic E-state index is -0.985. The predicted molar refractivity (Wildman–Crippen MR) is 372 cm³/mol. The lowest BCUT2D eigenvalue weighted by molar-refractivity contribution is 0.0379. The van der Waals surface area contributed by atoms with Gasteiger partial charge in [-0.1, -0.05) is 54.1 Å². The third-order valence-electron chi connectivity index (χ3n) is 19.0. The molecule has 0 atom stereocenters. The molecule has 0 spiro atoms. The number of aryl methyl sites for hydroxylation is 2. The molecule has 27 heteroatoms. The highest BCUT2D eigenvalue weighted by Crippen LogP contribution is 2.40. The number of ether oxygens (including phenoxy) is 4. The van der Waals surface area contributed by atoms with Gasteiger partial charge in [-0.2, -0.15) is 34.5 Å². The summed E-state index contributed by atoms with van der Waals surface area (Å²) in [6.45, 7) is 34.2. The molecule has 1 aliphatic heterocycles. The van der Waals surface area contributed by atoms with Crippen molar-refractivity contribution >= 4 is 75.4 Å². The van der Waals surface area contributed by atoms with Gasteiger partial charge in [0.1, 0.15) is 26.4 Å². The molecule has 0 bridgehead atoms. The zero-order valence-electron chi connectivity index (χ0n) is 56.5. The second-order valence-electron chi connectivity index (χ2n) is 28.2. The standard InChI is InChI=1S/2C24H33ClFN7O.C21H27ClN4O2/c2*1-15-20(13-33(32-15)23(2,3)27-5)30-22-28-12-19(25)21(31-22)34-14-16-6-8-17(9-7-16)29-18-10-24(4,26)11-18;22-19-14-23-21(25-20(19)28-15-16-4-2-1-3-5-16)24-17-6-8-18(9-7-17)26-10-12-27-13-11-26/h2*12-13,16-18,29H,6-11,14H2,1-4H3,(H,28,30,31);6-9,14,16H,1-5,10-13,15H2,(H,23,24,25). The lowest BCUT2D eigenvalue weighted by Crippen LogP contribution is -2.53. The molecule has 0 radical (unpaired) electrons. The van der Waals surface area contributed by atoms with Gasteiger partial charge in [0.25, 0.3) is 0 Å². The molecule has 22 nitrogen and oxygen atoms in total. The minimum Gasteiger partial charge on any atom is -0.476 e. The van der Waals surface area contributed by atoms with E-state index in [1.165, 1.54) is 50.2 Å². The van der Waals surface area contributed by atoms with Crippen LogP contribution >= 0.6 is 34.8 Å². The molecule has 12 rings (SSSR count). The topological polar surface area (TPSA) is 222 Å². The molecule has 1 aromatic carbocycles. The van der Waals surface area contributed by atoms with Gasteiger partial charge in [-0.25, -0.2) is 36.9 Å². The highest BCUT2D eigenvalue weighted by molar-refractivity contribution is 6.32. The summed E-state index contributed by atoms with van der Waals surface area (Å²) in [4.78, 5) is 35.7. The summed E-state index contributed by atoms with van der Waals surface area (Å²) in [7, 11) is 0. The number of morpholine rings is 1. The van der Waals surface area contributed by atoms with Gasteiger partial charge in [0.15, 0.2) is 0 Å². The zero-order valence-corrected chi connectivity index (χ0v) is 58.8. The van der Waals surface area contributed by atoms with Crippen molar-refractivity contribution in [1.29, 1.82) is 0 Å². The van der Waals surface area contributed by atoms with E-state index in [2.05, 4.69) is 93.4 Å². The van der Waals surface area contributed by atoms with Gasteiger partial charge < -0.3 is 50.4 Å². The van der Waals surface area contributed by atoms with Crippen LogP contribution in [0.2, 0.25) is 15.1 Å². The van der Waals surface area contributed by atoms with Crippen molar-refractivity contribution in [2.75, 3.05) is 67.0 Å². The Bertz CT molecular complexity index is 3420. The molecule has 5 N–H and O–H groups in total. The summed E-state index contributed by atoms with van der Waals surface area (Å²) in [6.07, 6.45) is 25.5. The number of anilines is 7. The molecule has 96 heavy (non-hydrogen) atoms. The minimum absolute atomic E-state index is 0.321. The molecule has 0 unspecified atom stereocenters. The largest absolute Gasteiger partial charge is 0.476 e. The van der Waals surface area contributed by atoms with E-state index < -0.39 is 22.7 Å². The van der Waals surface area contributed by atoms with Gasteiger partial charge >= 0.3 is 11.3 Å². The molecule has 5 aliphatic carbocycles. The molecule has 6 aromatic rings. The van der Waals surface area contributed by atoms with Crippen LogP contribution in [0.4, 0.5) is 49.4 Å². The fourth-order valence-corrected chi connectivity index (χ4v) is 13.5. The first kappa shape index (κ1) is 71.8. The monoisotopic (exact) mass is 1380 g/mol. The Morgan fingerprint density at radius 3 is 1.30 bits per heavy atom. The number of hydrogen-bond acceptors (Lipinski definition) is 18. The molecule has 6 fully saturated rings. The van der Waals surface area contributed by atoms with Gasteiger partial charge in [-0.15, -0.1) is 0 Å². The molecule has 0 amide bonds. The normalized spacial score (nSPS) is 24.4. The van der Waals surface area contributed by atoms with Crippen LogP contribution in [-0.4, -0.2) is 131 Å². The zero-order chi connectivity index (χ0) is 68.2. The number of halogens is 5. The van der Waals surface area contributed by atoms with E-state index in [0.717, 1.165) is 106 Å². The van der Waals surface area contributed by atoms with E-state index in [-0.39, 0.29) is 0 Å². The fourth-order valence-electron chi connectivity index (χ4n) is 13.1. The van der Waals surface area contributed by atoms with Crippen molar-refractivity contribution in [1.82, 2.24) is 60.1 Å². The Morgan fingerprint density at radius 1 is 0.552 bits per heavy atom. The van der Waals surface area contributed by atoms with Crippen LogP contribution in [-0.2, 0) is 16.1 Å². The average molecular weight is 1380 g/mol. The molecule has 5 aromatic heterocycles. The van der Waals surface area contributed by atoms with Gasteiger partial charge in [-0.3, -0.25) is 9.69 Å². The number of hydrogen-bond donors (Lipinski definition) is 5. The van der Waals surface area contributed by atoms with Gasteiger partial charge in [0.2, 0.25) is 35.5 Å². The number of rotatable bonds is 22. The smallest absolute Gasteiger partial charge is 0.319 e. The first-order chi connectivity index (χ1) is 45.9. The van der Waals surface area contributed by atoms with Gasteiger partial charge in [0, 0.05) is 76.3 Å². The third-order valence-corrected chi connectivity index (χ3v) is 19.8. The van der Waals surface area contributed by atoms with E-state index in [0.29, 0.717) is 138 Å². The quantitative estimate of drug-likeness (QED) is 0.0399. The Balaban J connectivity index is 0.000000157. The predicted octanol–water partition coefficient (Wildman–Crippen LogP) is 15.5. The van der Waals surface area contributed by atoms with Crippen molar-refractivity contribution in [2.24, 2.45) is 17.8 Å². The third kappa shape index (κ3) is 20.1. The Labute approximate surface area is 578 Å². The second-order valence-corrected chi connectivity index (χ2v) is 29.4. The highest BCUT2D eigenvalue weighted by Gasteiger charge is 2.43. The number of alkyl halides is 2. The van der Waals surface area contributed by atoms with Crippen LogP contribution in [0.15, 0.2) is 55.2 Å². The summed E-state index contributed by atoms with van der Waals surface area (Å²) in [6, 6.07) is 9.84. The lowest BCUT2D eigenvalue weighted by Gasteiger charge is -2.42. The van der Waals surface area contributed by atoms with Gasteiger partial charge in [0.05, 0.1) is 86.8 Å². The molecule has 5 saturated carbocycles. The molecule has 6 heterocycles. The van der Waals surface area contributed by atoms with Crippen LogP contribution in [0, 0.1) is 44.7 Å². The molecule has 1 saturated heterocycles. The molecule has 518 valence electrons. The Morgan fingerprint density at radius 2 is 0.927 bits per heavy atom. The van der Waals surface area contributed by atoms with E-state index in [9.17, 15) is 8.78 Å². The maximum absolute atomic E-state index is 13.7. The number of nitrogens with zero attached hydrogens (tertiary/aromatic N) is 13. The lowest BCUT2D eigenvalue weighted by atomic mass is 9.77. The summed E-state index contributed by atoms with van der Waals surface area (Å²) >= 11 is 18.8. The van der Waals surface area contributed by atoms with Crippen molar-refractivity contribution < 1.29 is 27.7 Å². The summed E-state index contributed by atoms with van der Waals surface area (Å²) in [5.41, 5.74) is 1.51. The SMILES string of the molecule is Clc1cnc(Nc2ccc(N3CCOCC3)cc2)nc1OCC1CCCCC1.[C-]#[N+]C(C)(C)n1cc(Nc2ncc(Cl)c(OCC3CCC(NC4CC(C)(F)C4)CC3)n2)c(C)n1.[C-]#[N+]C(C)(C)n1cc(Nc2ncc(Cl)c(OCC3CCC(NC4CC(C)(F)C4)CC3)n2)c(C)n1. The van der Waals surface area contributed by atoms with Crippen LogP contribution in [0.5, 0.6) is 17.6 Å². The maximum atomic E-state index is 13.7. The number of benzene rings is 1. The Hall–Kier alpha value is -6.93. The van der Waals surface area contributed by atoms with E-state index in [1.54, 1.807) is 69.5 Å². The van der Waals surface area contributed by atoms with Crippen molar-refractivity contribution in [2.45, 2.75) is 211 Å². The van der Waals surface area contributed by atoms with Crippen LogP contribution in [0.25, 0.3) is 9.69 Å². The van der Waals surface area contributed by atoms with Crippen molar-refractivity contribution in [3.05, 3.63) is 105 Å². The average Bonchev–Trinajstić information content (AvgIpc) is 1.41. The Kier molecular flexibility index (Phi) is 24.1. The maximum Gasteiger partial charge on any atom is 0.319 e. The van der Waals surface area contributed by atoms with E-state index in [1.807, 2.05) is 26.0 Å². The van der Waals surface area contributed by atoms with E-state index >= 15 is 0 Å². The van der Waals surface area contributed by atoms with Crippen molar-refractivity contribution in [3.8, 4) is 17.6 Å². The van der Waals surface area contributed by atoms with E-state index in [4.69, 9.17) is 66.9 Å². The summed E-state index contributed by atoms with van der Waals surface area (Å²) in [5, 5.41) is 26.8. The van der Waals surface area contributed by atoms with Crippen LogP contribution in [0.1, 0.15) is 162 Å². The number of nitrogens with one attached hydrogen (secondary N) is 5. The number of aromatic nitrogens is 10. The molecule has 6 aliphatic rings. The summed E-state index contributed by atoms with van der Waals surface area (Å²) in [5.74, 6) is 3.83. The first-order valence-corrected chi connectivity index (χ1v) is 35.0. The highest BCUT2D eigenvalue weighted by atomic mass is 35.5. The van der Waals surface area contributed by atoms with Gasteiger partial charge in [-0.05, 0) is 160 Å². The van der Waals surface area contributed by atoms with Crippen molar-refractivity contribution in [3.63, 3.8) is 0 Å². The summed E-state index contributed by atoms with van der Waals surface area (Å²) < 4.78 is 53.9. The molecular weight excluding hydrogens is 1290 g/mol. The fraction of sp³-hybridized carbons (Fsp3) is 0.623. The first-order valence-electron chi connectivity index (χ1n) is 33.9. The molecular formula is C69H93Cl3F2N18O4. The second kappa shape index (κ2) is 32.2. The van der Waals surface area contributed by atoms with Crippen LogP contribution < -0.4 is 45.7 Å². The van der Waals surface area contributed by atoms with Crippen LogP contribution in [0.3, 0.4) is 0 Å².